The van der Waals surface area contributed by atoms with Gasteiger partial charge in [0.05, 0.1) is 0 Å². The lowest BCUT2D eigenvalue weighted by atomic mass is 9.68. The third kappa shape index (κ3) is 7.09. The maximum absolute atomic E-state index is 15.4. The van der Waals surface area contributed by atoms with Gasteiger partial charge in [-0.05, 0) is 96.9 Å². The van der Waals surface area contributed by atoms with Crippen LogP contribution in [0.15, 0.2) is 54.6 Å². The molecule has 3 aromatic carbocycles. The summed E-state index contributed by atoms with van der Waals surface area (Å²) in [5.74, 6) is 1.37. The summed E-state index contributed by atoms with van der Waals surface area (Å²) in [6.45, 7) is 4.24. The quantitative estimate of drug-likeness (QED) is 0.216. The minimum Gasteiger partial charge on any atom is -0.206 e. The van der Waals surface area contributed by atoms with Crippen molar-refractivity contribution in [3.63, 3.8) is 0 Å². The number of aryl methyl sites for hydroxylation is 1. The van der Waals surface area contributed by atoms with Crippen molar-refractivity contribution in [3.8, 4) is 22.3 Å². The van der Waals surface area contributed by atoms with Crippen LogP contribution in [0.3, 0.4) is 0 Å². The van der Waals surface area contributed by atoms with Gasteiger partial charge in [0.1, 0.15) is 5.82 Å². The smallest absolute Gasteiger partial charge is 0.166 e. The van der Waals surface area contributed by atoms with Crippen molar-refractivity contribution in [1.29, 1.82) is 0 Å². The highest BCUT2D eigenvalue weighted by Crippen LogP contribution is 2.45. The average Bonchev–Trinajstić information content (AvgIpc) is 3.00. The van der Waals surface area contributed by atoms with E-state index in [4.69, 9.17) is 0 Å². The van der Waals surface area contributed by atoms with E-state index in [0.29, 0.717) is 29.0 Å². The molecular formula is C38H47F3. The zero-order valence-corrected chi connectivity index (χ0v) is 25.0. The summed E-state index contributed by atoms with van der Waals surface area (Å²) < 4.78 is 44.6. The van der Waals surface area contributed by atoms with Gasteiger partial charge >= 0.3 is 0 Å². The molecule has 41 heavy (non-hydrogen) atoms. The molecule has 0 atom stereocenters. The van der Waals surface area contributed by atoms with Crippen molar-refractivity contribution in [3.05, 3.63) is 83.2 Å². The zero-order valence-electron chi connectivity index (χ0n) is 25.0. The van der Waals surface area contributed by atoms with Crippen LogP contribution in [0.2, 0.25) is 0 Å². The molecule has 0 amide bonds. The Labute approximate surface area is 245 Å². The van der Waals surface area contributed by atoms with Gasteiger partial charge in [-0.1, -0.05) is 107 Å². The third-order valence-corrected chi connectivity index (χ3v) is 10.2. The lowest BCUT2D eigenvalue weighted by Gasteiger charge is -2.38. The van der Waals surface area contributed by atoms with E-state index in [0.717, 1.165) is 48.1 Å². The Bertz CT molecular complexity index is 1260. The van der Waals surface area contributed by atoms with Crippen LogP contribution in [0.25, 0.3) is 22.3 Å². The van der Waals surface area contributed by atoms with Crippen molar-refractivity contribution < 1.29 is 13.2 Å². The van der Waals surface area contributed by atoms with Gasteiger partial charge in [-0.25, -0.2) is 13.2 Å². The monoisotopic (exact) mass is 560 g/mol. The Hall–Kier alpha value is -2.55. The van der Waals surface area contributed by atoms with Crippen LogP contribution >= 0.6 is 0 Å². The summed E-state index contributed by atoms with van der Waals surface area (Å²) in [7, 11) is 0. The minimum absolute atomic E-state index is 0.208. The molecule has 0 radical (unpaired) electrons. The molecule has 0 N–H and O–H groups in total. The first-order chi connectivity index (χ1) is 20.0. The molecule has 0 bridgehead atoms. The van der Waals surface area contributed by atoms with E-state index in [2.05, 4.69) is 13.0 Å². The Morgan fingerprint density at radius 3 is 1.83 bits per heavy atom. The maximum atomic E-state index is 15.4. The largest absolute Gasteiger partial charge is 0.206 e. The molecule has 0 aromatic heterocycles. The van der Waals surface area contributed by atoms with E-state index in [-0.39, 0.29) is 11.4 Å². The van der Waals surface area contributed by atoms with Crippen LogP contribution in [-0.2, 0) is 6.42 Å². The standard InChI is InChI=1S/C38H47F3/c1-3-5-6-8-26-9-11-27(12-10-26)28-13-15-29(16-14-28)33-22-23-34(36(39)25-33)30-17-19-31(20-18-30)35-24-21-32(7-4-2)37(40)38(35)41/h17-29H,3-16H2,1-2H3. The Balaban J connectivity index is 1.17. The topological polar surface area (TPSA) is 0 Å². The van der Waals surface area contributed by atoms with E-state index in [1.54, 1.807) is 42.5 Å². The van der Waals surface area contributed by atoms with Gasteiger partial charge in [0, 0.05) is 11.1 Å². The van der Waals surface area contributed by atoms with Crippen molar-refractivity contribution in [1.82, 2.24) is 0 Å². The molecule has 5 rings (SSSR count). The lowest BCUT2D eigenvalue weighted by Crippen LogP contribution is -2.25. The van der Waals surface area contributed by atoms with Crippen molar-refractivity contribution in [2.45, 2.75) is 110 Å². The number of hydrogen-bond donors (Lipinski definition) is 0. The van der Waals surface area contributed by atoms with Crippen LogP contribution in [0.5, 0.6) is 0 Å². The summed E-state index contributed by atoms with van der Waals surface area (Å²) in [4.78, 5) is 0. The average molecular weight is 561 g/mol. The normalized spacial score (nSPS) is 23.0. The second kappa shape index (κ2) is 14.1. The molecule has 2 saturated carbocycles. The first-order valence-corrected chi connectivity index (χ1v) is 16.4. The summed E-state index contributed by atoms with van der Waals surface area (Å²) in [6.07, 6.45) is 17.4. The highest BCUT2D eigenvalue weighted by Gasteiger charge is 2.31. The Morgan fingerprint density at radius 2 is 1.22 bits per heavy atom. The fourth-order valence-corrected chi connectivity index (χ4v) is 7.68. The van der Waals surface area contributed by atoms with E-state index < -0.39 is 11.6 Å². The van der Waals surface area contributed by atoms with Crippen LogP contribution in [0, 0.1) is 35.2 Å². The van der Waals surface area contributed by atoms with Gasteiger partial charge in [-0.2, -0.15) is 0 Å². The minimum atomic E-state index is -0.816. The van der Waals surface area contributed by atoms with Crippen LogP contribution < -0.4 is 0 Å². The van der Waals surface area contributed by atoms with Crippen LogP contribution in [-0.4, -0.2) is 0 Å². The van der Waals surface area contributed by atoms with Gasteiger partial charge in [-0.3, -0.25) is 0 Å². The molecular weight excluding hydrogens is 513 g/mol. The van der Waals surface area contributed by atoms with Gasteiger partial charge in [0.15, 0.2) is 11.6 Å². The first kappa shape index (κ1) is 29.9. The molecule has 2 aliphatic carbocycles. The van der Waals surface area contributed by atoms with E-state index >= 15 is 4.39 Å². The molecule has 0 nitrogen and oxygen atoms in total. The molecule has 0 spiro atoms. The SMILES string of the molecule is CCCCCC1CCC(C2CCC(c3ccc(-c4ccc(-c5ccc(CCC)c(F)c5F)cc4)c(F)c3)CC2)CC1. The van der Waals surface area contributed by atoms with Crippen LogP contribution in [0.1, 0.15) is 114 Å². The molecule has 3 aromatic rings. The summed E-state index contributed by atoms with van der Waals surface area (Å²) in [5.41, 5.74) is 3.64. The number of halogens is 3. The number of hydrogen-bond acceptors (Lipinski definition) is 0. The fraction of sp³-hybridized carbons (Fsp3) is 0.526. The highest BCUT2D eigenvalue weighted by molar-refractivity contribution is 5.71. The van der Waals surface area contributed by atoms with Crippen LogP contribution in [0.4, 0.5) is 13.2 Å². The highest BCUT2D eigenvalue weighted by atomic mass is 19.2. The van der Waals surface area contributed by atoms with Gasteiger partial charge in [-0.15, -0.1) is 0 Å². The third-order valence-electron chi connectivity index (χ3n) is 10.2. The number of unbranched alkanes of at least 4 members (excludes halogenated alkanes) is 2. The summed E-state index contributed by atoms with van der Waals surface area (Å²) in [5, 5.41) is 0. The zero-order chi connectivity index (χ0) is 28.8. The molecule has 0 saturated heterocycles. The molecule has 2 aliphatic rings. The second-order valence-electron chi connectivity index (χ2n) is 12.9. The van der Waals surface area contributed by atoms with Crippen molar-refractivity contribution in [2.75, 3.05) is 0 Å². The van der Waals surface area contributed by atoms with Crippen molar-refractivity contribution >= 4 is 0 Å². The number of rotatable bonds is 10. The Morgan fingerprint density at radius 1 is 0.610 bits per heavy atom. The number of benzene rings is 3. The maximum Gasteiger partial charge on any atom is 0.166 e. The second-order valence-corrected chi connectivity index (χ2v) is 12.9. The van der Waals surface area contributed by atoms with Gasteiger partial charge < -0.3 is 0 Å². The molecule has 220 valence electrons. The van der Waals surface area contributed by atoms with Gasteiger partial charge in [0.25, 0.3) is 0 Å². The van der Waals surface area contributed by atoms with Crippen molar-refractivity contribution in [2.24, 2.45) is 17.8 Å². The predicted molar refractivity (Wildman–Crippen MR) is 165 cm³/mol. The molecule has 0 unspecified atom stereocenters. The Kier molecular flexibility index (Phi) is 10.3. The van der Waals surface area contributed by atoms with Gasteiger partial charge in [0.2, 0.25) is 0 Å². The summed E-state index contributed by atoms with van der Waals surface area (Å²) >= 11 is 0. The van der Waals surface area contributed by atoms with E-state index in [1.165, 1.54) is 64.2 Å². The first-order valence-electron chi connectivity index (χ1n) is 16.4. The summed E-state index contributed by atoms with van der Waals surface area (Å²) in [6, 6.07) is 16.1. The molecule has 3 heteroatoms. The molecule has 2 fully saturated rings. The fourth-order valence-electron chi connectivity index (χ4n) is 7.68. The van der Waals surface area contributed by atoms with E-state index in [9.17, 15) is 8.78 Å². The molecule has 0 aliphatic heterocycles. The lowest BCUT2D eigenvalue weighted by molar-refractivity contribution is 0.155. The van der Waals surface area contributed by atoms with E-state index in [1.807, 2.05) is 13.0 Å². The molecule has 0 heterocycles. The predicted octanol–water partition coefficient (Wildman–Crippen LogP) is 12.1.